The number of carbonyl (C=O) groups is 1. The van der Waals surface area contributed by atoms with Crippen molar-refractivity contribution in [1.82, 2.24) is 24.6 Å². The minimum Gasteiger partial charge on any atom is -0.376 e. The normalized spacial score (nSPS) is 18.8. The van der Waals surface area contributed by atoms with Gasteiger partial charge < -0.3 is 19.2 Å². The monoisotopic (exact) mass is 496 g/mol. The van der Waals surface area contributed by atoms with Crippen LogP contribution in [0.4, 0.5) is 0 Å². The molecular formula is C26H36N6O2S. The minimum atomic E-state index is -0.335. The van der Waals surface area contributed by atoms with E-state index < -0.39 is 0 Å². The van der Waals surface area contributed by atoms with Crippen molar-refractivity contribution in [3.8, 4) is 6.07 Å². The number of nitrogens with one attached hydrogen (secondary N) is 1. The lowest BCUT2D eigenvalue weighted by Gasteiger charge is -2.16. The molecule has 1 amide bonds. The minimum absolute atomic E-state index is 0.126. The van der Waals surface area contributed by atoms with Gasteiger partial charge in [0, 0.05) is 43.5 Å². The summed E-state index contributed by atoms with van der Waals surface area (Å²) in [4.78, 5) is 12.7. The summed E-state index contributed by atoms with van der Waals surface area (Å²) in [6.45, 7) is 6.21. The van der Waals surface area contributed by atoms with Crippen LogP contribution in [-0.2, 0) is 22.5 Å². The second kappa shape index (κ2) is 11.9. The Morgan fingerprint density at radius 3 is 2.77 bits per heavy atom. The van der Waals surface area contributed by atoms with Crippen molar-refractivity contribution in [2.75, 3.05) is 19.4 Å². The van der Waals surface area contributed by atoms with Gasteiger partial charge in [-0.05, 0) is 69.9 Å². The lowest BCUT2D eigenvalue weighted by molar-refractivity contribution is -0.117. The molecule has 35 heavy (non-hydrogen) atoms. The molecule has 188 valence electrons. The van der Waals surface area contributed by atoms with Gasteiger partial charge in [-0.3, -0.25) is 4.79 Å². The Labute approximate surface area is 212 Å². The quantitative estimate of drug-likeness (QED) is 0.227. The van der Waals surface area contributed by atoms with Gasteiger partial charge in [0.05, 0.1) is 6.10 Å². The van der Waals surface area contributed by atoms with Gasteiger partial charge >= 0.3 is 0 Å². The molecule has 4 rings (SSSR count). The van der Waals surface area contributed by atoms with E-state index in [1.807, 2.05) is 19.2 Å². The van der Waals surface area contributed by atoms with Crippen LogP contribution in [0.3, 0.4) is 0 Å². The predicted molar refractivity (Wildman–Crippen MR) is 137 cm³/mol. The average Bonchev–Trinajstić information content (AvgIpc) is 3.66. The van der Waals surface area contributed by atoms with Gasteiger partial charge in [0.25, 0.3) is 5.91 Å². The molecule has 0 radical (unpaired) electrons. The molecule has 1 atom stereocenters. The number of nitriles is 1. The molecule has 2 fully saturated rings. The first-order valence-corrected chi connectivity index (χ1v) is 13.9. The highest BCUT2D eigenvalue weighted by Crippen LogP contribution is 2.33. The van der Waals surface area contributed by atoms with E-state index in [1.54, 1.807) is 17.8 Å². The summed E-state index contributed by atoms with van der Waals surface area (Å²) < 4.78 is 10.3. The summed E-state index contributed by atoms with van der Waals surface area (Å²) in [7, 11) is 0. The smallest absolute Gasteiger partial charge is 0.261 e. The third-order valence-electron chi connectivity index (χ3n) is 7.16. The molecule has 1 unspecified atom stereocenters. The Morgan fingerprint density at radius 2 is 2.09 bits per heavy atom. The molecule has 9 heteroatoms. The summed E-state index contributed by atoms with van der Waals surface area (Å²) in [5.74, 6) is 0.656. The van der Waals surface area contributed by atoms with E-state index in [1.165, 1.54) is 25.7 Å². The maximum atomic E-state index is 12.7. The van der Waals surface area contributed by atoms with E-state index in [-0.39, 0.29) is 17.6 Å². The number of thioether (sulfide) groups is 1. The Bertz CT molecular complexity index is 1100. The molecule has 0 aromatic carbocycles. The third-order valence-corrected chi connectivity index (χ3v) is 7.80. The van der Waals surface area contributed by atoms with Crippen molar-refractivity contribution in [2.24, 2.45) is 0 Å². The molecule has 2 aromatic heterocycles. The molecule has 1 aliphatic carbocycles. The van der Waals surface area contributed by atoms with Crippen molar-refractivity contribution in [1.29, 1.82) is 5.26 Å². The molecule has 1 saturated heterocycles. The molecule has 8 nitrogen and oxygen atoms in total. The zero-order valence-electron chi connectivity index (χ0n) is 21.0. The Kier molecular flexibility index (Phi) is 8.69. The van der Waals surface area contributed by atoms with Crippen LogP contribution in [0.2, 0.25) is 0 Å². The second-order valence-electron chi connectivity index (χ2n) is 9.51. The van der Waals surface area contributed by atoms with E-state index in [0.29, 0.717) is 12.6 Å². The highest BCUT2D eigenvalue weighted by Gasteiger charge is 2.23. The lowest BCUT2D eigenvalue weighted by atomic mass is 10.1. The fourth-order valence-corrected chi connectivity index (χ4v) is 5.81. The first-order chi connectivity index (χ1) is 17.0. The van der Waals surface area contributed by atoms with Crippen LogP contribution in [0.15, 0.2) is 16.8 Å². The van der Waals surface area contributed by atoms with Crippen LogP contribution >= 0.6 is 11.8 Å². The van der Waals surface area contributed by atoms with Gasteiger partial charge in [0.2, 0.25) is 0 Å². The summed E-state index contributed by atoms with van der Waals surface area (Å²) in [6, 6.07) is 4.61. The van der Waals surface area contributed by atoms with Crippen molar-refractivity contribution in [3.63, 3.8) is 0 Å². The highest BCUT2D eigenvalue weighted by molar-refractivity contribution is 7.98. The fraction of sp³-hybridized carbons (Fsp3) is 0.615. The average molecular weight is 497 g/mol. The molecule has 1 aliphatic heterocycles. The molecule has 1 saturated carbocycles. The highest BCUT2D eigenvalue weighted by atomic mass is 32.2. The van der Waals surface area contributed by atoms with Crippen LogP contribution < -0.4 is 5.32 Å². The van der Waals surface area contributed by atoms with Crippen LogP contribution in [0.25, 0.3) is 6.08 Å². The van der Waals surface area contributed by atoms with Gasteiger partial charge in [-0.25, -0.2) is 0 Å². The van der Waals surface area contributed by atoms with E-state index in [0.717, 1.165) is 66.8 Å². The summed E-state index contributed by atoms with van der Waals surface area (Å²) in [6.07, 6.45) is 12.5. The molecule has 2 aliphatic rings. The number of carbonyl (C=O) groups excluding carboxylic acids is 1. The maximum Gasteiger partial charge on any atom is 0.261 e. The Balaban J connectivity index is 1.34. The SMILES string of the molecule is CSc1nnc(CCCNC(=O)/C(C#N)=C/c2cc(C)n(CC3CCCO3)c2C)n1C1CCCC1. The first-order valence-electron chi connectivity index (χ1n) is 12.7. The zero-order valence-corrected chi connectivity index (χ0v) is 21.9. The Morgan fingerprint density at radius 1 is 1.29 bits per heavy atom. The standard InChI is InChI=1S/C26H36N6O2S/c1-18-14-20(19(2)31(18)17-23-10-7-13-34-23)15-21(16-27)25(33)28-12-6-11-24-29-30-26(35-3)32(24)22-8-4-5-9-22/h14-15,22-23H,4-13,17H2,1-3H3,(H,28,33)/b21-15+. The molecular weight excluding hydrogens is 460 g/mol. The molecule has 2 aromatic rings. The van der Waals surface area contributed by atoms with Gasteiger partial charge in [0.15, 0.2) is 5.16 Å². The molecule has 0 spiro atoms. The van der Waals surface area contributed by atoms with Crippen molar-refractivity contribution < 1.29 is 9.53 Å². The van der Waals surface area contributed by atoms with Crippen molar-refractivity contribution in [3.05, 3.63) is 34.4 Å². The third kappa shape index (κ3) is 5.99. The van der Waals surface area contributed by atoms with Gasteiger partial charge in [-0.1, -0.05) is 24.6 Å². The van der Waals surface area contributed by atoms with Crippen LogP contribution in [-0.4, -0.2) is 50.8 Å². The molecule has 3 heterocycles. The number of aromatic nitrogens is 4. The summed E-state index contributed by atoms with van der Waals surface area (Å²) in [5, 5.41) is 22.3. The van der Waals surface area contributed by atoms with Crippen molar-refractivity contribution >= 4 is 23.7 Å². The fourth-order valence-electron chi connectivity index (χ4n) is 5.24. The summed E-state index contributed by atoms with van der Waals surface area (Å²) in [5.41, 5.74) is 3.19. The van der Waals surface area contributed by atoms with E-state index in [2.05, 4.69) is 37.6 Å². The second-order valence-corrected chi connectivity index (χ2v) is 10.3. The number of hydrogen-bond donors (Lipinski definition) is 1. The number of ether oxygens (including phenoxy) is 1. The number of amides is 1. The largest absolute Gasteiger partial charge is 0.376 e. The topological polar surface area (TPSA) is 97.8 Å². The van der Waals surface area contributed by atoms with Crippen LogP contribution in [0, 0.1) is 25.2 Å². The van der Waals surface area contributed by atoms with E-state index in [9.17, 15) is 10.1 Å². The van der Waals surface area contributed by atoms with Crippen LogP contribution in [0.1, 0.15) is 73.8 Å². The van der Waals surface area contributed by atoms with E-state index in [4.69, 9.17) is 4.74 Å². The van der Waals surface area contributed by atoms with E-state index >= 15 is 0 Å². The Hall–Kier alpha value is -2.57. The predicted octanol–water partition coefficient (Wildman–Crippen LogP) is 4.37. The number of rotatable bonds is 10. The lowest BCUT2D eigenvalue weighted by Crippen LogP contribution is -2.26. The van der Waals surface area contributed by atoms with Gasteiger partial charge in [-0.15, -0.1) is 10.2 Å². The first kappa shape index (κ1) is 25.5. The van der Waals surface area contributed by atoms with Gasteiger partial charge in [-0.2, -0.15) is 5.26 Å². The number of nitrogens with zero attached hydrogens (tertiary/aromatic N) is 5. The van der Waals surface area contributed by atoms with Crippen LogP contribution in [0.5, 0.6) is 0 Å². The zero-order chi connectivity index (χ0) is 24.8. The maximum absolute atomic E-state index is 12.7. The number of aryl methyl sites for hydroxylation is 2. The van der Waals surface area contributed by atoms with Gasteiger partial charge in [0.1, 0.15) is 17.5 Å². The molecule has 1 N–H and O–H groups in total. The van der Waals surface area contributed by atoms with Crippen molar-refractivity contribution in [2.45, 2.75) is 89.1 Å². The number of hydrogen-bond acceptors (Lipinski definition) is 6. The molecule has 0 bridgehead atoms. The summed E-state index contributed by atoms with van der Waals surface area (Å²) >= 11 is 1.63.